The van der Waals surface area contributed by atoms with Crippen molar-refractivity contribution in [3.63, 3.8) is 0 Å². The summed E-state index contributed by atoms with van der Waals surface area (Å²) in [6.45, 7) is 7.51. The quantitative estimate of drug-likeness (QED) is 0.407. The summed E-state index contributed by atoms with van der Waals surface area (Å²) in [4.78, 5) is 12.5. The van der Waals surface area contributed by atoms with E-state index in [9.17, 15) is 9.18 Å². The third kappa shape index (κ3) is 4.10. The van der Waals surface area contributed by atoms with Crippen molar-refractivity contribution in [3.8, 4) is 11.5 Å². The highest BCUT2D eigenvalue weighted by Gasteiger charge is 2.28. The van der Waals surface area contributed by atoms with Gasteiger partial charge in [0.15, 0.2) is 6.79 Å². The van der Waals surface area contributed by atoms with Gasteiger partial charge in [-0.3, -0.25) is 4.79 Å². The minimum atomic E-state index is -0.630. The van der Waals surface area contributed by atoms with E-state index in [-0.39, 0.29) is 18.6 Å². The summed E-state index contributed by atoms with van der Waals surface area (Å²) in [7, 11) is 1.52. The standard InChI is InChI=1S/C20H25FO4/c1-6-15-16(21)9-8-13-10-14(24-12-23-5)11-17(18(13)15)25-19(22)20(3,4)7-2/h8-11H,6-7,12H2,1-5H3. The first-order valence-electron chi connectivity index (χ1n) is 8.43. The van der Waals surface area contributed by atoms with E-state index in [2.05, 4.69) is 0 Å². The number of hydrogen-bond acceptors (Lipinski definition) is 4. The molecule has 0 atom stereocenters. The van der Waals surface area contributed by atoms with Gasteiger partial charge in [-0.2, -0.15) is 0 Å². The monoisotopic (exact) mass is 348 g/mol. The molecule has 0 unspecified atom stereocenters. The Bertz CT molecular complexity index is 768. The molecule has 0 radical (unpaired) electrons. The third-order valence-electron chi connectivity index (χ3n) is 4.44. The number of hydrogen-bond donors (Lipinski definition) is 0. The predicted octanol–water partition coefficient (Wildman–Crippen LogP) is 4.87. The minimum absolute atomic E-state index is 0.0706. The third-order valence-corrected chi connectivity index (χ3v) is 4.44. The van der Waals surface area contributed by atoms with Gasteiger partial charge in [0, 0.05) is 18.6 Å². The molecule has 2 aromatic carbocycles. The lowest BCUT2D eigenvalue weighted by Crippen LogP contribution is -2.28. The molecule has 0 aromatic heterocycles. The van der Waals surface area contributed by atoms with E-state index in [1.807, 2.05) is 27.7 Å². The SMILES string of the molecule is CCc1c(F)ccc2cc(OCOC)cc(OC(=O)C(C)(C)CC)c12. The smallest absolute Gasteiger partial charge is 0.316 e. The Morgan fingerprint density at radius 1 is 1.20 bits per heavy atom. The number of benzene rings is 2. The highest BCUT2D eigenvalue weighted by Crippen LogP contribution is 2.37. The van der Waals surface area contributed by atoms with Crippen LogP contribution in [0.25, 0.3) is 10.8 Å². The van der Waals surface area contributed by atoms with E-state index in [1.54, 1.807) is 18.2 Å². The number of methoxy groups -OCH3 is 1. The molecular weight excluding hydrogens is 323 g/mol. The largest absolute Gasteiger partial charge is 0.467 e. The van der Waals surface area contributed by atoms with Crippen LogP contribution in [0.3, 0.4) is 0 Å². The summed E-state index contributed by atoms with van der Waals surface area (Å²) < 4.78 is 30.3. The van der Waals surface area contributed by atoms with E-state index in [0.717, 1.165) is 5.39 Å². The van der Waals surface area contributed by atoms with Crippen LogP contribution >= 0.6 is 0 Å². The second kappa shape index (κ2) is 7.83. The number of halogens is 1. The van der Waals surface area contributed by atoms with Crippen LogP contribution in [0.4, 0.5) is 4.39 Å². The molecule has 0 amide bonds. The number of ether oxygens (including phenoxy) is 3. The van der Waals surface area contributed by atoms with E-state index in [4.69, 9.17) is 14.2 Å². The molecule has 5 heteroatoms. The summed E-state index contributed by atoms with van der Waals surface area (Å²) in [5, 5.41) is 1.36. The number of aryl methyl sites for hydroxylation is 1. The van der Waals surface area contributed by atoms with Crippen molar-refractivity contribution in [2.75, 3.05) is 13.9 Å². The average molecular weight is 348 g/mol. The molecule has 0 saturated carbocycles. The fraction of sp³-hybridized carbons (Fsp3) is 0.450. The average Bonchev–Trinajstić information content (AvgIpc) is 2.60. The van der Waals surface area contributed by atoms with Gasteiger partial charge in [0.05, 0.1) is 5.41 Å². The van der Waals surface area contributed by atoms with Crippen LogP contribution < -0.4 is 9.47 Å². The van der Waals surface area contributed by atoms with Crippen molar-refractivity contribution in [2.24, 2.45) is 5.41 Å². The lowest BCUT2D eigenvalue weighted by molar-refractivity contribution is -0.144. The summed E-state index contributed by atoms with van der Waals surface area (Å²) in [6.07, 6.45) is 1.13. The lowest BCUT2D eigenvalue weighted by atomic mass is 9.90. The highest BCUT2D eigenvalue weighted by molar-refractivity contribution is 5.95. The molecule has 0 aliphatic carbocycles. The molecule has 0 spiro atoms. The maximum Gasteiger partial charge on any atom is 0.316 e. The van der Waals surface area contributed by atoms with Gasteiger partial charge in [-0.15, -0.1) is 0 Å². The fourth-order valence-corrected chi connectivity index (χ4v) is 2.47. The van der Waals surface area contributed by atoms with Crippen LogP contribution in [0.2, 0.25) is 0 Å². The Balaban J connectivity index is 2.60. The number of fused-ring (bicyclic) bond motifs is 1. The molecule has 2 aromatic rings. The number of carbonyl (C=O) groups is 1. The Kier molecular flexibility index (Phi) is 6.01. The summed E-state index contributed by atoms with van der Waals surface area (Å²) >= 11 is 0. The Hall–Kier alpha value is -2.14. The molecule has 136 valence electrons. The van der Waals surface area contributed by atoms with E-state index in [1.165, 1.54) is 13.2 Å². The maximum absolute atomic E-state index is 14.2. The Morgan fingerprint density at radius 2 is 1.92 bits per heavy atom. The second-order valence-corrected chi connectivity index (χ2v) is 6.58. The van der Waals surface area contributed by atoms with Gasteiger partial charge in [-0.25, -0.2) is 4.39 Å². The van der Waals surface area contributed by atoms with Crippen LogP contribution in [-0.4, -0.2) is 19.9 Å². The van der Waals surface area contributed by atoms with Gasteiger partial charge in [-0.05, 0) is 49.8 Å². The van der Waals surface area contributed by atoms with Crippen molar-refractivity contribution in [1.29, 1.82) is 0 Å². The molecule has 0 aliphatic rings. The van der Waals surface area contributed by atoms with Crippen LogP contribution in [0, 0.1) is 11.2 Å². The number of carbonyl (C=O) groups excluding carboxylic acids is 1. The van der Waals surface area contributed by atoms with E-state index in [0.29, 0.717) is 35.3 Å². The molecule has 25 heavy (non-hydrogen) atoms. The molecule has 2 rings (SSSR count). The molecule has 0 aliphatic heterocycles. The Morgan fingerprint density at radius 3 is 2.52 bits per heavy atom. The Labute approximate surface area is 147 Å². The summed E-state index contributed by atoms with van der Waals surface area (Å²) in [5.74, 6) is 0.144. The molecule has 0 heterocycles. The van der Waals surface area contributed by atoms with Gasteiger partial charge in [0.25, 0.3) is 0 Å². The number of esters is 1. The summed E-state index contributed by atoms with van der Waals surface area (Å²) in [5.41, 5.74) is -0.108. The predicted molar refractivity (Wildman–Crippen MR) is 95.5 cm³/mol. The lowest BCUT2D eigenvalue weighted by Gasteiger charge is -2.22. The molecule has 0 fully saturated rings. The second-order valence-electron chi connectivity index (χ2n) is 6.58. The normalized spacial score (nSPS) is 11.6. The molecule has 0 saturated heterocycles. The van der Waals surface area contributed by atoms with E-state index >= 15 is 0 Å². The maximum atomic E-state index is 14.2. The zero-order valence-electron chi connectivity index (χ0n) is 15.4. The zero-order chi connectivity index (χ0) is 18.6. The van der Waals surface area contributed by atoms with Crippen molar-refractivity contribution in [2.45, 2.75) is 40.5 Å². The first-order chi connectivity index (χ1) is 11.8. The van der Waals surface area contributed by atoms with Gasteiger partial charge in [0.1, 0.15) is 17.3 Å². The van der Waals surface area contributed by atoms with Crippen LogP contribution in [0.1, 0.15) is 39.7 Å². The molecular formula is C20H25FO4. The zero-order valence-corrected chi connectivity index (χ0v) is 15.4. The first kappa shape index (κ1) is 19.2. The van der Waals surface area contributed by atoms with Crippen molar-refractivity contribution < 1.29 is 23.4 Å². The topological polar surface area (TPSA) is 44.8 Å². The van der Waals surface area contributed by atoms with Gasteiger partial charge in [-0.1, -0.05) is 19.9 Å². The van der Waals surface area contributed by atoms with Crippen LogP contribution in [0.15, 0.2) is 24.3 Å². The van der Waals surface area contributed by atoms with Crippen LogP contribution in [0.5, 0.6) is 11.5 Å². The molecule has 0 N–H and O–H groups in total. The van der Waals surface area contributed by atoms with Crippen LogP contribution in [-0.2, 0) is 16.0 Å². The first-order valence-corrected chi connectivity index (χ1v) is 8.43. The number of rotatable bonds is 7. The van der Waals surface area contributed by atoms with E-state index < -0.39 is 5.41 Å². The van der Waals surface area contributed by atoms with Crippen molar-refractivity contribution in [3.05, 3.63) is 35.6 Å². The van der Waals surface area contributed by atoms with Gasteiger partial charge in [0.2, 0.25) is 0 Å². The molecule has 4 nitrogen and oxygen atoms in total. The summed E-state index contributed by atoms with van der Waals surface area (Å²) in [6, 6.07) is 6.48. The fourth-order valence-electron chi connectivity index (χ4n) is 2.47. The van der Waals surface area contributed by atoms with Crippen molar-refractivity contribution in [1.82, 2.24) is 0 Å². The van der Waals surface area contributed by atoms with Crippen molar-refractivity contribution >= 4 is 16.7 Å². The van der Waals surface area contributed by atoms with Gasteiger partial charge < -0.3 is 14.2 Å². The molecule has 0 bridgehead atoms. The highest BCUT2D eigenvalue weighted by atomic mass is 19.1. The van der Waals surface area contributed by atoms with Gasteiger partial charge >= 0.3 is 5.97 Å². The minimum Gasteiger partial charge on any atom is -0.467 e.